The first-order chi connectivity index (χ1) is 11.4. The van der Waals surface area contributed by atoms with Gasteiger partial charge in [0.25, 0.3) is 0 Å². The van der Waals surface area contributed by atoms with E-state index in [-0.39, 0.29) is 17.9 Å². The summed E-state index contributed by atoms with van der Waals surface area (Å²) in [4.78, 5) is 13.4. The smallest absolute Gasteiger partial charge is 0.409 e. The van der Waals surface area contributed by atoms with Gasteiger partial charge in [0.2, 0.25) is 0 Å². The van der Waals surface area contributed by atoms with E-state index >= 15 is 0 Å². The van der Waals surface area contributed by atoms with Crippen molar-refractivity contribution in [2.24, 2.45) is 23.7 Å². The summed E-state index contributed by atoms with van der Waals surface area (Å²) in [7, 11) is 0. The number of likely N-dealkylation sites (tertiary alicyclic amines) is 1. The lowest BCUT2D eigenvalue weighted by molar-refractivity contribution is -0.400. The summed E-state index contributed by atoms with van der Waals surface area (Å²) >= 11 is 0. The van der Waals surface area contributed by atoms with Gasteiger partial charge in [-0.05, 0) is 50.9 Å². The molecule has 0 atom stereocenters. The summed E-state index contributed by atoms with van der Waals surface area (Å²) in [5.74, 6) is -0.753. The van der Waals surface area contributed by atoms with E-state index < -0.39 is 11.6 Å². The van der Waals surface area contributed by atoms with Gasteiger partial charge in [-0.25, -0.2) is 4.79 Å². The van der Waals surface area contributed by atoms with Crippen LogP contribution in [0.25, 0.3) is 0 Å². The summed E-state index contributed by atoms with van der Waals surface area (Å²) in [6, 6.07) is 0. The van der Waals surface area contributed by atoms with E-state index in [0.717, 1.165) is 37.5 Å². The van der Waals surface area contributed by atoms with Gasteiger partial charge < -0.3 is 24.6 Å². The van der Waals surface area contributed by atoms with Crippen molar-refractivity contribution in [1.29, 1.82) is 0 Å². The quantitative estimate of drug-likeness (QED) is 0.770. The Hall–Kier alpha value is -0.850. The van der Waals surface area contributed by atoms with Crippen LogP contribution in [0.2, 0.25) is 0 Å². The SMILES string of the molecule is CCOC(=O)N1CCC(O)(OC2(O)C3CC4CC(C3)CC2C4)CC1. The molecule has 0 aromatic carbocycles. The molecule has 1 amide bonds. The number of nitrogens with zero attached hydrogens (tertiary/aromatic N) is 1. The number of ether oxygens (including phenoxy) is 2. The summed E-state index contributed by atoms with van der Waals surface area (Å²) in [5.41, 5.74) is 0. The molecule has 5 rings (SSSR count). The first kappa shape index (κ1) is 16.6. The average Bonchev–Trinajstić information content (AvgIpc) is 2.53. The van der Waals surface area contributed by atoms with Gasteiger partial charge in [-0.2, -0.15) is 0 Å². The van der Waals surface area contributed by atoms with Crippen molar-refractivity contribution in [3.63, 3.8) is 0 Å². The molecule has 6 nitrogen and oxygen atoms in total. The van der Waals surface area contributed by atoms with Crippen molar-refractivity contribution >= 4 is 6.09 Å². The van der Waals surface area contributed by atoms with Crippen molar-refractivity contribution < 1.29 is 24.5 Å². The number of carbonyl (C=O) groups is 1. The summed E-state index contributed by atoms with van der Waals surface area (Å²) in [6.07, 6.45) is 5.70. The minimum atomic E-state index is -1.34. The van der Waals surface area contributed by atoms with E-state index in [2.05, 4.69) is 0 Å². The molecule has 0 unspecified atom stereocenters. The zero-order valence-electron chi connectivity index (χ0n) is 14.4. The van der Waals surface area contributed by atoms with E-state index in [9.17, 15) is 15.0 Å². The molecule has 4 bridgehead atoms. The Morgan fingerprint density at radius 2 is 1.58 bits per heavy atom. The first-order valence-electron chi connectivity index (χ1n) is 9.48. The van der Waals surface area contributed by atoms with Crippen LogP contribution in [0.5, 0.6) is 0 Å². The summed E-state index contributed by atoms with van der Waals surface area (Å²) in [6.45, 7) is 2.92. The van der Waals surface area contributed by atoms with Crippen LogP contribution in [0.15, 0.2) is 0 Å². The number of carbonyl (C=O) groups excluding carboxylic acids is 1. The van der Waals surface area contributed by atoms with E-state index in [1.165, 1.54) is 6.42 Å². The zero-order valence-corrected chi connectivity index (χ0v) is 14.4. The van der Waals surface area contributed by atoms with Crippen LogP contribution in [0.3, 0.4) is 0 Å². The molecular weight excluding hydrogens is 310 g/mol. The van der Waals surface area contributed by atoms with Crippen LogP contribution in [0.4, 0.5) is 4.79 Å². The topological polar surface area (TPSA) is 79.2 Å². The highest BCUT2D eigenvalue weighted by Gasteiger charge is 2.60. The lowest BCUT2D eigenvalue weighted by Crippen LogP contribution is -2.63. The largest absolute Gasteiger partial charge is 0.450 e. The molecule has 4 saturated carbocycles. The van der Waals surface area contributed by atoms with Gasteiger partial charge in [0.05, 0.1) is 6.61 Å². The Bertz CT molecular complexity index is 472. The Balaban J connectivity index is 1.41. The second-order valence-corrected chi connectivity index (χ2v) is 8.29. The van der Waals surface area contributed by atoms with Crippen molar-refractivity contribution in [3.05, 3.63) is 0 Å². The highest BCUT2D eigenvalue weighted by molar-refractivity contribution is 5.67. The molecule has 1 aliphatic heterocycles. The fraction of sp³-hybridized carbons (Fsp3) is 0.944. The van der Waals surface area contributed by atoms with Gasteiger partial charge in [-0.1, -0.05) is 0 Å². The molecule has 0 radical (unpaired) electrons. The molecule has 5 fully saturated rings. The maximum Gasteiger partial charge on any atom is 0.409 e. The van der Waals surface area contributed by atoms with E-state index in [1.54, 1.807) is 11.8 Å². The monoisotopic (exact) mass is 339 g/mol. The lowest BCUT2D eigenvalue weighted by Gasteiger charge is -2.59. The third-order valence-corrected chi connectivity index (χ3v) is 6.73. The molecule has 2 N–H and O–H groups in total. The Kier molecular flexibility index (Phi) is 4.05. The van der Waals surface area contributed by atoms with Crippen LogP contribution in [0.1, 0.15) is 51.9 Å². The molecule has 24 heavy (non-hydrogen) atoms. The standard InChI is InChI=1S/C18H29NO5/c1-2-23-16(20)19-5-3-17(21,4-6-19)24-18(22)14-8-12-7-13(10-14)11-15(18)9-12/h12-15,21-22H,2-11H2,1H3. The minimum Gasteiger partial charge on any atom is -0.450 e. The maximum absolute atomic E-state index is 11.8. The number of rotatable bonds is 3. The molecule has 136 valence electrons. The molecule has 1 heterocycles. The van der Waals surface area contributed by atoms with Crippen LogP contribution in [-0.4, -0.2) is 52.5 Å². The first-order valence-corrected chi connectivity index (χ1v) is 9.48. The maximum atomic E-state index is 11.8. The average molecular weight is 339 g/mol. The van der Waals surface area contributed by atoms with Crippen LogP contribution in [0, 0.1) is 23.7 Å². The van der Waals surface area contributed by atoms with E-state index in [0.29, 0.717) is 32.5 Å². The van der Waals surface area contributed by atoms with Crippen LogP contribution in [-0.2, 0) is 9.47 Å². The minimum absolute atomic E-state index is 0.154. The number of piperidine rings is 1. The molecule has 4 aliphatic carbocycles. The third-order valence-electron chi connectivity index (χ3n) is 6.73. The fourth-order valence-electron chi connectivity index (χ4n) is 5.69. The lowest BCUT2D eigenvalue weighted by atomic mass is 9.53. The molecule has 0 aromatic heterocycles. The third kappa shape index (κ3) is 2.72. The molecule has 5 aliphatic rings. The highest BCUT2D eigenvalue weighted by atomic mass is 16.7. The van der Waals surface area contributed by atoms with E-state index in [1.807, 2.05) is 0 Å². The number of aliphatic hydroxyl groups is 2. The van der Waals surface area contributed by atoms with Gasteiger partial charge in [0.15, 0.2) is 11.6 Å². The predicted molar refractivity (Wildman–Crippen MR) is 85.9 cm³/mol. The number of amides is 1. The van der Waals surface area contributed by atoms with E-state index in [4.69, 9.17) is 9.47 Å². The predicted octanol–water partition coefficient (Wildman–Crippen LogP) is 2.09. The Morgan fingerprint density at radius 1 is 1.04 bits per heavy atom. The van der Waals surface area contributed by atoms with Gasteiger partial charge in [0, 0.05) is 37.8 Å². The zero-order chi connectivity index (χ0) is 16.9. The van der Waals surface area contributed by atoms with Crippen molar-refractivity contribution in [2.45, 2.75) is 63.4 Å². The van der Waals surface area contributed by atoms with Crippen LogP contribution < -0.4 is 0 Å². The fourth-order valence-corrected chi connectivity index (χ4v) is 5.69. The molecule has 6 heteroatoms. The molecular formula is C18H29NO5. The molecule has 0 aromatic rings. The second kappa shape index (κ2) is 5.85. The van der Waals surface area contributed by atoms with Gasteiger partial charge in [0.1, 0.15) is 0 Å². The van der Waals surface area contributed by atoms with Gasteiger partial charge >= 0.3 is 6.09 Å². The molecule has 1 saturated heterocycles. The summed E-state index contributed by atoms with van der Waals surface area (Å²) < 4.78 is 11.1. The Morgan fingerprint density at radius 3 is 2.08 bits per heavy atom. The van der Waals surface area contributed by atoms with Crippen molar-refractivity contribution in [1.82, 2.24) is 4.90 Å². The van der Waals surface area contributed by atoms with Gasteiger partial charge in [-0.15, -0.1) is 0 Å². The molecule has 0 spiro atoms. The normalized spacial score (nSPS) is 43.0. The highest BCUT2D eigenvalue weighted by Crippen LogP contribution is 2.59. The number of hydrogen-bond acceptors (Lipinski definition) is 5. The second-order valence-electron chi connectivity index (χ2n) is 8.29. The Labute approximate surface area is 143 Å². The van der Waals surface area contributed by atoms with Crippen LogP contribution >= 0.6 is 0 Å². The van der Waals surface area contributed by atoms with Gasteiger partial charge in [-0.3, -0.25) is 0 Å². The van der Waals surface area contributed by atoms with Crippen molar-refractivity contribution in [2.75, 3.05) is 19.7 Å². The van der Waals surface area contributed by atoms with Crippen molar-refractivity contribution in [3.8, 4) is 0 Å². The number of hydrogen-bond donors (Lipinski definition) is 2. The summed E-state index contributed by atoms with van der Waals surface area (Å²) in [5, 5.41) is 22.2.